The molecule has 1 unspecified atom stereocenters. The molecule has 2 heteroatoms. The molecule has 2 nitrogen and oxygen atoms in total. The minimum Gasteiger partial charge on any atom is -0.481 e. The first kappa shape index (κ1) is 30.1. The van der Waals surface area contributed by atoms with Crippen molar-refractivity contribution in [1.29, 1.82) is 0 Å². The molecular weight excluding hydrogens is 488 g/mol. The molecule has 3 aromatic carbocycles. The van der Waals surface area contributed by atoms with Crippen molar-refractivity contribution in [3.8, 4) is 22.3 Å². The zero-order valence-corrected chi connectivity index (χ0v) is 24.9. The summed E-state index contributed by atoms with van der Waals surface area (Å²) in [5.74, 6) is 0.693. The number of aliphatic carboxylic acids is 1. The number of hydrogen-bond acceptors (Lipinski definition) is 1. The third-order valence-electron chi connectivity index (χ3n) is 9.22. The summed E-state index contributed by atoms with van der Waals surface area (Å²) >= 11 is 0. The van der Waals surface area contributed by atoms with Gasteiger partial charge in [-0.2, -0.15) is 0 Å². The van der Waals surface area contributed by atoms with Crippen LogP contribution in [0.25, 0.3) is 22.3 Å². The van der Waals surface area contributed by atoms with Crippen LogP contribution < -0.4 is 0 Å². The summed E-state index contributed by atoms with van der Waals surface area (Å²) < 4.78 is 0. The summed E-state index contributed by atoms with van der Waals surface area (Å²) in [7, 11) is 0. The predicted molar refractivity (Wildman–Crippen MR) is 170 cm³/mol. The van der Waals surface area contributed by atoms with Crippen LogP contribution in [0.1, 0.15) is 114 Å². The summed E-state index contributed by atoms with van der Waals surface area (Å²) in [5, 5.41) is 9.10. The van der Waals surface area contributed by atoms with Gasteiger partial charge in [0.15, 0.2) is 0 Å². The molecule has 0 heterocycles. The molecule has 0 amide bonds. The fraction of sp³-hybridized carbons (Fsp3) is 0.500. The van der Waals surface area contributed by atoms with E-state index in [1.165, 1.54) is 104 Å². The van der Waals surface area contributed by atoms with Crippen LogP contribution >= 0.6 is 0 Å². The van der Waals surface area contributed by atoms with E-state index >= 15 is 0 Å². The Labute approximate surface area is 243 Å². The van der Waals surface area contributed by atoms with Crippen LogP contribution in [-0.2, 0) is 11.2 Å². The molecular formula is C38H50O2. The van der Waals surface area contributed by atoms with Gasteiger partial charge in [-0.25, -0.2) is 0 Å². The van der Waals surface area contributed by atoms with Crippen LogP contribution in [0.4, 0.5) is 0 Å². The highest BCUT2D eigenvalue weighted by molar-refractivity contribution is 5.83. The van der Waals surface area contributed by atoms with Crippen LogP contribution in [0.15, 0.2) is 72.8 Å². The topological polar surface area (TPSA) is 37.3 Å². The van der Waals surface area contributed by atoms with Crippen LogP contribution in [-0.4, -0.2) is 11.1 Å². The maximum absolute atomic E-state index is 11.1. The molecule has 0 bridgehead atoms. The molecule has 1 aliphatic rings. The molecule has 0 aromatic heterocycles. The molecule has 1 aliphatic carbocycles. The van der Waals surface area contributed by atoms with Crippen molar-refractivity contribution in [2.24, 2.45) is 11.8 Å². The van der Waals surface area contributed by atoms with Gasteiger partial charge in [0, 0.05) is 0 Å². The Kier molecular flexibility index (Phi) is 11.9. The lowest BCUT2D eigenvalue weighted by Gasteiger charge is -2.29. The third-order valence-corrected chi connectivity index (χ3v) is 9.22. The Morgan fingerprint density at radius 1 is 0.750 bits per heavy atom. The Morgan fingerprint density at radius 2 is 1.32 bits per heavy atom. The van der Waals surface area contributed by atoms with Crippen molar-refractivity contribution in [1.82, 2.24) is 0 Å². The van der Waals surface area contributed by atoms with Crippen LogP contribution in [0.5, 0.6) is 0 Å². The number of carboxylic acid groups (broad SMARTS) is 1. The van der Waals surface area contributed by atoms with Crippen molar-refractivity contribution < 1.29 is 9.90 Å². The van der Waals surface area contributed by atoms with Gasteiger partial charge in [0.1, 0.15) is 0 Å². The number of rotatable bonds is 15. The van der Waals surface area contributed by atoms with Crippen molar-refractivity contribution in [2.75, 3.05) is 0 Å². The number of carbonyl (C=O) groups is 1. The largest absolute Gasteiger partial charge is 0.481 e. The third kappa shape index (κ3) is 8.82. The minimum absolute atomic E-state index is 0.275. The van der Waals surface area contributed by atoms with E-state index in [1.807, 2.05) is 0 Å². The highest BCUT2D eigenvalue weighted by Gasteiger charge is 2.22. The van der Waals surface area contributed by atoms with Crippen molar-refractivity contribution in [2.45, 2.75) is 110 Å². The van der Waals surface area contributed by atoms with Crippen LogP contribution in [0.2, 0.25) is 0 Å². The first-order valence-electron chi connectivity index (χ1n) is 16.1. The molecule has 4 rings (SSSR count). The zero-order chi connectivity index (χ0) is 28.2. The first-order valence-corrected chi connectivity index (χ1v) is 16.1. The van der Waals surface area contributed by atoms with E-state index in [9.17, 15) is 4.79 Å². The number of carboxylic acids is 1. The van der Waals surface area contributed by atoms with Gasteiger partial charge in [0.05, 0.1) is 5.92 Å². The van der Waals surface area contributed by atoms with Gasteiger partial charge in [-0.15, -0.1) is 0 Å². The summed E-state index contributed by atoms with van der Waals surface area (Å²) in [6.07, 6.45) is 17.9. The lowest BCUT2D eigenvalue weighted by molar-refractivity contribution is -0.141. The normalized spacial score (nSPS) is 17.9. The number of hydrogen-bond donors (Lipinski definition) is 1. The fourth-order valence-electron chi connectivity index (χ4n) is 6.51. The molecule has 1 saturated carbocycles. The van der Waals surface area contributed by atoms with Gasteiger partial charge < -0.3 is 5.11 Å². The number of benzene rings is 3. The maximum atomic E-state index is 11.1. The van der Waals surface area contributed by atoms with E-state index in [0.29, 0.717) is 0 Å². The molecule has 1 N–H and O–H groups in total. The predicted octanol–water partition coefficient (Wildman–Crippen LogP) is 11.1. The average Bonchev–Trinajstić information content (AvgIpc) is 2.99. The Hall–Kier alpha value is -2.87. The molecule has 1 fully saturated rings. The standard InChI is InChI=1S/C38H50O2/c1-3-4-5-6-7-8-13-30-17-21-32(22-18-30)33-25-27-35(28-26-33)37-16-10-9-15-36(37)34-23-19-31(20-24-34)14-11-12-29(2)38(39)40/h9-10,15-16,19-20,23-30,32H,3-8,11-14,17-18,21-22H2,1-2H3,(H,39,40). The quantitative estimate of drug-likeness (QED) is 0.195. The van der Waals surface area contributed by atoms with Gasteiger partial charge in [0.2, 0.25) is 0 Å². The van der Waals surface area contributed by atoms with E-state index < -0.39 is 5.97 Å². The lowest BCUT2D eigenvalue weighted by atomic mass is 9.77. The summed E-state index contributed by atoms with van der Waals surface area (Å²) in [5.41, 5.74) is 7.83. The molecule has 0 saturated heterocycles. The Balaban J connectivity index is 1.31. The molecule has 1 atom stereocenters. The minimum atomic E-state index is -0.703. The molecule has 0 aliphatic heterocycles. The van der Waals surface area contributed by atoms with E-state index in [4.69, 9.17) is 5.11 Å². The fourth-order valence-corrected chi connectivity index (χ4v) is 6.51. The van der Waals surface area contributed by atoms with E-state index in [0.717, 1.165) is 31.1 Å². The summed E-state index contributed by atoms with van der Waals surface area (Å²) in [6, 6.07) is 27.0. The monoisotopic (exact) mass is 538 g/mol. The summed E-state index contributed by atoms with van der Waals surface area (Å²) in [4.78, 5) is 11.1. The summed E-state index contributed by atoms with van der Waals surface area (Å²) in [6.45, 7) is 4.08. The van der Waals surface area contributed by atoms with Gasteiger partial charge >= 0.3 is 5.97 Å². The van der Waals surface area contributed by atoms with E-state index in [1.54, 1.807) is 6.92 Å². The lowest BCUT2D eigenvalue weighted by Crippen LogP contribution is -2.13. The highest BCUT2D eigenvalue weighted by atomic mass is 16.4. The molecule has 40 heavy (non-hydrogen) atoms. The number of unbranched alkanes of at least 4 members (excludes halogenated alkanes) is 5. The number of aryl methyl sites for hydroxylation is 1. The first-order chi connectivity index (χ1) is 19.5. The molecule has 3 aromatic rings. The van der Waals surface area contributed by atoms with Gasteiger partial charge in [-0.3, -0.25) is 4.79 Å². The second kappa shape index (κ2) is 15.8. The Morgan fingerprint density at radius 3 is 1.93 bits per heavy atom. The Bertz CT molecular complexity index is 1150. The maximum Gasteiger partial charge on any atom is 0.306 e. The second-order valence-corrected chi connectivity index (χ2v) is 12.3. The molecule has 214 valence electrons. The van der Waals surface area contributed by atoms with Gasteiger partial charge in [-0.1, -0.05) is 132 Å². The van der Waals surface area contributed by atoms with Gasteiger partial charge in [-0.05, 0) is 90.2 Å². The van der Waals surface area contributed by atoms with Crippen LogP contribution in [0.3, 0.4) is 0 Å². The van der Waals surface area contributed by atoms with E-state index in [-0.39, 0.29) is 5.92 Å². The van der Waals surface area contributed by atoms with Crippen molar-refractivity contribution in [3.05, 3.63) is 83.9 Å². The highest BCUT2D eigenvalue weighted by Crippen LogP contribution is 2.39. The van der Waals surface area contributed by atoms with Crippen molar-refractivity contribution >= 4 is 5.97 Å². The SMILES string of the molecule is CCCCCCCCC1CCC(c2ccc(-c3ccccc3-c3ccc(CCCC(C)C(=O)O)cc3)cc2)CC1. The van der Waals surface area contributed by atoms with Crippen LogP contribution in [0, 0.1) is 11.8 Å². The second-order valence-electron chi connectivity index (χ2n) is 12.3. The average molecular weight is 539 g/mol. The van der Waals surface area contributed by atoms with Gasteiger partial charge in [0.25, 0.3) is 0 Å². The zero-order valence-electron chi connectivity index (χ0n) is 24.9. The van der Waals surface area contributed by atoms with E-state index in [2.05, 4.69) is 79.7 Å². The smallest absolute Gasteiger partial charge is 0.306 e. The molecule has 0 radical (unpaired) electrons. The van der Waals surface area contributed by atoms with Crippen molar-refractivity contribution in [3.63, 3.8) is 0 Å². The molecule has 0 spiro atoms.